The predicted molar refractivity (Wildman–Crippen MR) is 66.7 cm³/mol. The van der Waals surface area contributed by atoms with E-state index in [4.69, 9.17) is 21.4 Å². The Bertz CT molecular complexity index is 617. The molecule has 2 aromatic heterocycles. The molecule has 0 amide bonds. The van der Waals surface area contributed by atoms with Crippen LogP contribution in [0.15, 0.2) is 6.33 Å². The second-order valence-corrected chi connectivity index (χ2v) is 4.85. The zero-order valence-electron chi connectivity index (χ0n) is 10.2. The monoisotopic (exact) mass is 284 g/mol. The Morgan fingerprint density at radius 1 is 1.53 bits per heavy atom. The summed E-state index contributed by atoms with van der Waals surface area (Å²) in [4.78, 5) is 12.4. The maximum atomic E-state index is 9.76. The van der Waals surface area contributed by atoms with Crippen LogP contribution in [0.5, 0.6) is 0 Å². The Morgan fingerprint density at radius 3 is 3.00 bits per heavy atom. The second-order valence-electron chi connectivity index (χ2n) is 4.52. The van der Waals surface area contributed by atoms with Gasteiger partial charge >= 0.3 is 0 Å². The molecule has 3 heterocycles. The van der Waals surface area contributed by atoms with Crippen molar-refractivity contribution in [1.29, 1.82) is 0 Å². The number of ether oxygens (including phenoxy) is 1. The maximum absolute atomic E-state index is 9.76. The van der Waals surface area contributed by atoms with Crippen molar-refractivity contribution < 1.29 is 14.9 Å². The topological polar surface area (TPSA) is 93.3 Å². The van der Waals surface area contributed by atoms with Crippen LogP contribution in [0.4, 0.5) is 0 Å². The molecule has 3 rings (SSSR count). The van der Waals surface area contributed by atoms with E-state index in [9.17, 15) is 5.11 Å². The van der Waals surface area contributed by atoms with Crippen LogP contribution in [0.3, 0.4) is 0 Å². The van der Waals surface area contributed by atoms with Gasteiger partial charge in [0, 0.05) is 6.42 Å². The van der Waals surface area contributed by atoms with Crippen molar-refractivity contribution in [3.05, 3.63) is 17.3 Å². The molecule has 0 spiro atoms. The summed E-state index contributed by atoms with van der Waals surface area (Å²) in [5, 5.41) is 19.0. The quantitative estimate of drug-likeness (QED) is 0.777. The number of halogens is 1. The molecule has 1 aliphatic rings. The third-order valence-corrected chi connectivity index (χ3v) is 3.43. The lowest BCUT2D eigenvalue weighted by atomic mass is 10.2. The summed E-state index contributed by atoms with van der Waals surface area (Å²) in [6.45, 7) is 1.58. The molecule has 102 valence electrons. The first-order valence-corrected chi connectivity index (χ1v) is 6.29. The van der Waals surface area contributed by atoms with Crippen LogP contribution < -0.4 is 0 Å². The Balaban J connectivity index is 2.02. The van der Waals surface area contributed by atoms with Gasteiger partial charge in [-0.3, -0.25) is 4.57 Å². The van der Waals surface area contributed by atoms with Crippen molar-refractivity contribution in [3.63, 3.8) is 0 Å². The van der Waals surface area contributed by atoms with Crippen LogP contribution in [-0.4, -0.2) is 48.5 Å². The van der Waals surface area contributed by atoms with Crippen LogP contribution in [0, 0.1) is 6.92 Å². The van der Waals surface area contributed by atoms with Gasteiger partial charge in [0.1, 0.15) is 17.8 Å². The van der Waals surface area contributed by atoms with Gasteiger partial charge in [0.15, 0.2) is 5.65 Å². The molecule has 0 aliphatic carbocycles. The molecule has 0 bridgehead atoms. The summed E-state index contributed by atoms with van der Waals surface area (Å²) in [5.41, 5.74) is 1.90. The lowest BCUT2D eigenvalue weighted by Gasteiger charge is -2.13. The van der Waals surface area contributed by atoms with Gasteiger partial charge in [-0.15, -0.1) is 0 Å². The predicted octanol–water partition coefficient (Wildman–Crippen LogP) is 0.429. The summed E-state index contributed by atoms with van der Waals surface area (Å²) in [7, 11) is 0. The van der Waals surface area contributed by atoms with Gasteiger partial charge in [0.2, 0.25) is 5.28 Å². The molecule has 0 saturated carbocycles. The number of aliphatic hydroxyl groups excluding tert-OH is 2. The molecule has 0 aromatic carbocycles. The van der Waals surface area contributed by atoms with Crippen molar-refractivity contribution in [3.8, 4) is 0 Å². The fourth-order valence-corrected chi connectivity index (χ4v) is 2.49. The van der Waals surface area contributed by atoms with Crippen molar-refractivity contribution >= 4 is 22.8 Å². The molecular formula is C11H13ClN4O3. The number of imidazole rings is 1. The minimum absolute atomic E-state index is 0.143. The van der Waals surface area contributed by atoms with E-state index in [1.165, 1.54) is 0 Å². The normalized spacial score (nSPS) is 27.3. The molecule has 3 unspecified atom stereocenters. The first-order chi connectivity index (χ1) is 9.10. The smallest absolute Gasteiger partial charge is 0.224 e. The van der Waals surface area contributed by atoms with E-state index in [1.807, 2.05) is 0 Å². The molecular weight excluding hydrogens is 272 g/mol. The van der Waals surface area contributed by atoms with E-state index >= 15 is 0 Å². The van der Waals surface area contributed by atoms with E-state index < -0.39 is 18.4 Å². The zero-order valence-corrected chi connectivity index (χ0v) is 10.9. The number of rotatable bonds is 2. The third-order valence-electron chi connectivity index (χ3n) is 3.26. The average Bonchev–Trinajstić information content (AvgIpc) is 2.92. The number of fused-ring (bicyclic) bond motifs is 1. The Kier molecular flexibility index (Phi) is 3.14. The van der Waals surface area contributed by atoms with Gasteiger partial charge in [-0.25, -0.2) is 9.97 Å². The van der Waals surface area contributed by atoms with E-state index in [0.29, 0.717) is 23.3 Å². The average molecular weight is 285 g/mol. The lowest BCUT2D eigenvalue weighted by Crippen LogP contribution is -2.24. The first kappa shape index (κ1) is 12.7. The molecule has 2 aromatic rings. The largest absolute Gasteiger partial charge is 0.394 e. The zero-order chi connectivity index (χ0) is 13.6. The Morgan fingerprint density at radius 2 is 2.32 bits per heavy atom. The summed E-state index contributed by atoms with van der Waals surface area (Å²) in [6, 6.07) is 0. The maximum Gasteiger partial charge on any atom is 0.224 e. The number of hydrogen-bond donors (Lipinski definition) is 2. The standard InChI is InChI=1S/C11H13ClN4O3/c1-5-9-10(15-11(12)14-5)16(4-13-9)8-2-6(18)7(3-17)19-8/h4,6-8,17-18H,2-3H2,1H3. The number of hydrogen-bond acceptors (Lipinski definition) is 6. The van der Waals surface area contributed by atoms with Gasteiger partial charge in [0.25, 0.3) is 0 Å². The minimum Gasteiger partial charge on any atom is -0.394 e. The highest BCUT2D eigenvalue weighted by molar-refractivity contribution is 6.28. The van der Waals surface area contributed by atoms with E-state index in [2.05, 4.69) is 15.0 Å². The number of aromatic nitrogens is 4. The highest BCUT2D eigenvalue weighted by Gasteiger charge is 2.35. The van der Waals surface area contributed by atoms with E-state index in [1.54, 1.807) is 17.8 Å². The van der Waals surface area contributed by atoms with Gasteiger partial charge in [-0.05, 0) is 18.5 Å². The van der Waals surface area contributed by atoms with Gasteiger partial charge < -0.3 is 14.9 Å². The Labute approximate surface area is 113 Å². The summed E-state index contributed by atoms with van der Waals surface area (Å²) < 4.78 is 7.28. The second kappa shape index (κ2) is 4.68. The number of nitrogens with zero attached hydrogens (tertiary/aromatic N) is 4. The van der Waals surface area contributed by atoms with Gasteiger partial charge in [0.05, 0.1) is 24.7 Å². The molecule has 0 radical (unpaired) electrons. The molecule has 1 fully saturated rings. The van der Waals surface area contributed by atoms with E-state index in [-0.39, 0.29) is 11.9 Å². The van der Waals surface area contributed by atoms with Crippen LogP contribution >= 0.6 is 11.6 Å². The summed E-state index contributed by atoms with van der Waals surface area (Å²) >= 11 is 5.85. The van der Waals surface area contributed by atoms with Crippen LogP contribution in [0.25, 0.3) is 11.2 Å². The SMILES string of the molecule is Cc1nc(Cl)nc2c1ncn2C1CC(O)C(CO)O1. The molecule has 3 atom stereocenters. The number of aliphatic hydroxyl groups is 2. The van der Waals surface area contributed by atoms with Crippen molar-refractivity contribution in [2.24, 2.45) is 0 Å². The molecule has 8 heteroatoms. The number of aryl methyl sites for hydroxylation is 1. The third kappa shape index (κ3) is 2.08. The summed E-state index contributed by atoms with van der Waals surface area (Å²) in [6.07, 6.45) is 0.256. The fraction of sp³-hybridized carbons (Fsp3) is 0.545. The van der Waals surface area contributed by atoms with Crippen molar-refractivity contribution in [1.82, 2.24) is 19.5 Å². The van der Waals surface area contributed by atoms with Gasteiger partial charge in [-0.2, -0.15) is 4.98 Å². The van der Waals surface area contributed by atoms with Gasteiger partial charge in [-0.1, -0.05) is 0 Å². The first-order valence-electron chi connectivity index (χ1n) is 5.91. The van der Waals surface area contributed by atoms with Crippen LogP contribution in [0.2, 0.25) is 5.28 Å². The molecule has 1 aliphatic heterocycles. The lowest BCUT2D eigenvalue weighted by molar-refractivity contribution is -0.0432. The molecule has 7 nitrogen and oxygen atoms in total. The van der Waals surface area contributed by atoms with Crippen molar-refractivity contribution in [2.75, 3.05) is 6.61 Å². The summed E-state index contributed by atoms with van der Waals surface area (Å²) in [5.74, 6) is 0. The van der Waals surface area contributed by atoms with Crippen LogP contribution in [-0.2, 0) is 4.74 Å². The molecule has 2 N–H and O–H groups in total. The minimum atomic E-state index is -0.703. The fourth-order valence-electron chi connectivity index (χ4n) is 2.29. The highest BCUT2D eigenvalue weighted by Crippen LogP contribution is 2.31. The van der Waals surface area contributed by atoms with Crippen LogP contribution in [0.1, 0.15) is 18.3 Å². The highest BCUT2D eigenvalue weighted by atomic mass is 35.5. The van der Waals surface area contributed by atoms with E-state index in [0.717, 1.165) is 0 Å². The van der Waals surface area contributed by atoms with Crippen molar-refractivity contribution in [2.45, 2.75) is 31.8 Å². The molecule has 19 heavy (non-hydrogen) atoms. The Hall–Kier alpha value is -1.28. The molecule has 1 saturated heterocycles.